The SMILES string of the molecule is Cc1cc(/C(O)=C2/C(=O)C(=O)N(Cc3ccco3)C2c2cccs2)ccc1Br. The van der Waals surface area contributed by atoms with Gasteiger partial charge in [-0.3, -0.25) is 9.59 Å². The van der Waals surface area contributed by atoms with Crippen molar-refractivity contribution in [1.82, 2.24) is 4.90 Å². The lowest BCUT2D eigenvalue weighted by atomic mass is 9.99. The predicted molar refractivity (Wildman–Crippen MR) is 110 cm³/mol. The van der Waals surface area contributed by atoms with Crippen LogP contribution in [0.3, 0.4) is 0 Å². The molecule has 1 unspecified atom stereocenters. The second-order valence-electron chi connectivity index (χ2n) is 6.49. The smallest absolute Gasteiger partial charge is 0.296 e. The number of aryl methyl sites for hydroxylation is 1. The van der Waals surface area contributed by atoms with E-state index in [1.807, 2.05) is 30.5 Å². The van der Waals surface area contributed by atoms with Gasteiger partial charge in [-0.15, -0.1) is 11.3 Å². The number of nitrogens with zero attached hydrogens (tertiary/aromatic N) is 1. The average Bonchev–Trinajstić information content (AvgIpc) is 3.42. The van der Waals surface area contributed by atoms with Gasteiger partial charge in [0.2, 0.25) is 0 Å². The lowest BCUT2D eigenvalue weighted by Gasteiger charge is -2.23. The fourth-order valence-electron chi connectivity index (χ4n) is 3.30. The number of hydrogen-bond acceptors (Lipinski definition) is 5. The van der Waals surface area contributed by atoms with Crippen molar-refractivity contribution in [3.05, 3.63) is 85.9 Å². The van der Waals surface area contributed by atoms with E-state index in [1.165, 1.54) is 22.5 Å². The molecule has 3 aromatic rings. The Morgan fingerprint density at radius 3 is 2.71 bits per heavy atom. The molecule has 7 heteroatoms. The molecule has 3 heterocycles. The number of benzene rings is 1. The number of halogens is 1. The Bertz CT molecular complexity index is 1070. The first kappa shape index (κ1) is 18.7. The summed E-state index contributed by atoms with van der Waals surface area (Å²) >= 11 is 4.87. The van der Waals surface area contributed by atoms with Crippen LogP contribution >= 0.6 is 27.3 Å². The zero-order valence-electron chi connectivity index (χ0n) is 14.9. The molecule has 1 N–H and O–H groups in total. The predicted octanol–water partition coefficient (Wildman–Crippen LogP) is 5.03. The number of furan rings is 1. The summed E-state index contributed by atoms with van der Waals surface area (Å²) in [4.78, 5) is 27.9. The van der Waals surface area contributed by atoms with E-state index in [0.717, 1.165) is 14.9 Å². The third kappa shape index (κ3) is 3.21. The van der Waals surface area contributed by atoms with Crippen molar-refractivity contribution in [3.63, 3.8) is 0 Å². The van der Waals surface area contributed by atoms with Crippen LogP contribution < -0.4 is 0 Å². The van der Waals surface area contributed by atoms with E-state index in [4.69, 9.17) is 4.42 Å². The van der Waals surface area contributed by atoms with Crippen LogP contribution in [0.15, 0.2) is 68.6 Å². The summed E-state index contributed by atoms with van der Waals surface area (Å²) in [6.07, 6.45) is 1.52. The Morgan fingerprint density at radius 2 is 2.07 bits per heavy atom. The molecule has 1 aliphatic heterocycles. The van der Waals surface area contributed by atoms with Gasteiger partial charge in [0.05, 0.1) is 18.4 Å². The van der Waals surface area contributed by atoms with Crippen molar-refractivity contribution in [1.29, 1.82) is 0 Å². The summed E-state index contributed by atoms with van der Waals surface area (Å²) < 4.78 is 6.27. The summed E-state index contributed by atoms with van der Waals surface area (Å²) in [6.45, 7) is 2.05. The number of hydrogen-bond donors (Lipinski definition) is 1. The Balaban J connectivity index is 1.85. The maximum absolute atomic E-state index is 12.9. The van der Waals surface area contributed by atoms with Crippen LogP contribution in [-0.2, 0) is 16.1 Å². The molecule has 2 aromatic heterocycles. The number of ketones is 1. The van der Waals surface area contributed by atoms with Gasteiger partial charge in [0.1, 0.15) is 17.6 Å². The van der Waals surface area contributed by atoms with Gasteiger partial charge >= 0.3 is 0 Å². The van der Waals surface area contributed by atoms with E-state index in [2.05, 4.69) is 15.9 Å². The third-order valence-corrected chi connectivity index (χ3v) is 6.50. The third-order valence-electron chi connectivity index (χ3n) is 4.69. The van der Waals surface area contributed by atoms with Gasteiger partial charge in [0, 0.05) is 14.9 Å². The second kappa shape index (κ2) is 7.41. The van der Waals surface area contributed by atoms with Crippen LogP contribution in [0.4, 0.5) is 0 Å². The lowest BCUT2D eigenvalue weighted by Crippen LogP contribution is -2.28. The zero-order chi connectivity index (χ0) is 19.8. The van der Waals surface area contributed by atoms with Crippen molar-refractivity contribution in [2.45, 2.75) is 19.5 Å². The molecular weight excluding hydrogens is 442 g/mol. The van der Waals surface area contributed by atoms with Crippen molar-refractivity contribution in [2.75, 3.05) is 0 Å². The Morgan fingerprint density at radius 1 is 1.25 bits per heavy atom. The summed E-state index contributed by atoms with van der Waals surface area (Å²) in [7, 11) is 0. The number of amides is 1. The van der Waals surface area contributed by atoms with Crippen molar-refractivity contribution < 1.29 is 19.1 Å². The number of Topliss-reactive ketones (excluding diaryl/α,β-unsaturated/α-hetero) is 1. The molecule has 5 nitrogen and oxygen atoms in total. The summed E-state index contributed by atoms with van der Waals surface area (Å²) in [6, 6.07) is 11.9. The molecule has 28 heavy (non-hydrogen) atoms. The first-order valence-corrected chi connectivity index (χ1v) is 10.3. The molecule has 1 atom stereocenters. The number of carbonyl (C=O) groups is 2. The topological polar surface area (TPSA) is 70.8 Å². The van der Waals surface area contributed by atoms with Gasteiger partial charge in [-0.1, -0.05) is 28.1 Å². The minimum atomic E-state index is -0.692. The normalized spacial score (nSPS) is 18.8. The van der Waals surface area contributed by atoms with Crippen LogP contribution in [0.5, 0.6) is 0 Å². The molecule has 142 valence electrons. The highest BCUT2D eigenvalue weighted by Crippen LogP contribution is 2.42. The minimum Gasteiger partial charge on any atom is -0.507 e. The molecule has 0 aliphatic carbocycles. The van der Waals surface area contributed by atoms with Crippen LogP contribution in [0, 0.1) is 6.92 Å². The quantitative estimate of drug-likeness (QED) is 0.338. The Kier molecular flexibility index (Phi) is 4.95. The first-order valence-electron chi connectivity index (χ1n) is 8.58. The molecule has 0 spiro atoms. The highest BCUT2D eigenvalue weighted by atomic mass is 79.9. The lowest BCUT2D eigenvalue weighted by molar-refractivity contribution is -0.140. The number of aliphatic hydroxyl groups excluding tert-OH is 1. The summed E-state index contributed by atoms with van der Waals surface area (Å²) in [5, 5.41) is 12.9. The molecule has 1 amide bonds. The number of rotatable bonds is 4. The van der Waals surface area contributed by atoms with Crippen LogP contribution in [-0.4, -0.2) is 21.7 Å². The Hall–Kier alpha value is -2.64. The van der Waals surface area contributed by atoms with E-state index in [0.29, 0.717) is 11.3 Å². The fraction of sp³-hybridized carbons (Fsp3) is 0.143. The first-order chi connectivity index (χ1) is 13.5. The van der Waals surface area contributed by atoms with Crippen molar-refractivity contribution in [3.8, 4) is 0 Å². The van der Waals surface area contributed by atoms with Gasteiger partial charge in [0.15, 0.2) is 0 Å². The maximum atomic E-state index is 12.9. The van der Waals surface area contributed by atoms with E-state index < -0.39 is 17.7 Å². The number of aliphatic hydroxyl groups is 1. The highest BCUT2D eigenvalue weighted by Gasteiger charge is 2.46. The standard InChI is InChI=1S/C21H16BrNO4S/c1-12-10-13(6-7-15(12)22)19(24)17-18(16-5-3-9-28-16)23(21(26)20(17)25)11-14-4-2-8-27-14/h2-10,18,24H,11H2,1H3/b19-17-. The van der Waals surface area contributed by atoms with Gasteiger partial charge in [-0.2, -0.15) is 0 Å². The van der Waals surface area contributed by atoms with Gasteiger partial charge < -0.3 is 14.4 Å². The number of thiophene rings is 1. The minimum absolute atomic E-state index is 0.0979. The summed E-state index contributed by atoms with van der Waals surface area (Å²) in [5.74, 6) is -0.939. The Labute approximate surface area is 174 Å². The van der Waals surface area contributed by atoms with Gasteiger partial charge in [-0.25, -0.2) is 0 Å². The molecule has 1 aliphatic rings. The molecule has 0 saturated carbocycles. The van der Waals surface area contributed by atoms with Crippen LogP contribution in [0.1, 0.15) is 27.8 Å². The highest BCUT2D eigenvalue weighted by molar-refractivity contribution is 9.10. The van der Waals surface area contributed by atoms with Crippen LogP contribution in [0.25, 0.3) is 5.76 Å². The maximum Gasteiger partial charge on any atom is 0.296 e. The van der Waals surface area contributed by atoms with Crippen LogP contribution in [0.2, 0.25) is 0 Å². The molecule has 0 radical (unpaired) electrons. The van der Waals surface area contributed by atoms with E-state index in [1.54, 1.807) is 24.3 Å². The fourth-order valence-corrected chi connectivity index (χ4v) is 4.40. The van der Waals surface area contributed by atoms with E-state index in [-0.39, 0.29) is 17.9 Å². The van der Waals surface area contributed by atoms with Crippen molar-refractivity contribution in [2.24, 2.45) is 0 Å². The molecule has 0 bridgehead atoms. The van der Waals surface area contributed by atoms with Gasteiger partial charge in [0.25, 0.3) is 11.7 Å². The molecule has 1 saturated heterocycles. The zero-order valence-corrected chi connectivity index (χ0v) is 17.3. The average molecular weight is 458 g/mol. The summed E-state index contributed by atoms with van der Waals surface area (Å²) in [5.41, 5.74) is 1.51. The monoisotopic (exact) mass is 457 g/mol. The largest absolute Gasteiger partial charge is 0.507 e. The second-order valence-corrected chi connectivity index (χ2v) is 8.32. The molecule has 4 rings (SSSR count). The number of likely N-dealkylation sites (tertiary alicyclic amines) is 1. The number of carbonyl (C=O) groups excluding carboxylic acids is 2. The molecule has 1 aromatic carbocycles. The van der Waals surface area contributed by atoms with Gasteiger partial charge in [-0.05, 0) is 48.2 Å². The molecule has 1 fully saturated rings. The van der Waals surface area contributed by atoms with E-state index in [9.17, 15) is 14.7 Å². The van der Waals surface area contributed by atoms with Crippen molar-refractivity contribution >= 4 is 44.7 Å². The van der Waals surface area contributed by atoms with E-state index >= 15 is 0 Å². The molecular formula is C21H16BrNO4S.